The van der Waals surface area contributed by atoms with Crippen LogP contribution in [0.15, 0.2) is 0 Å². The zero-order chi connectivity index (χ0) is 16.3. The van der Waals surface area contributed by atoms with Crippen LogP contribution in [0, 0.1) is 0 Å². The van der Waals surface area contributed by atoms with Crippen molar-refractivity contribution in [3.05, 3.63) is 0 Å². The SMILES string of the molecule is CCCCC(=O)NCCNC(=O)C(C)(C)NC(=O)CCN. The molecule has 0 aromatic carbocycles. The molecule has 0 atom stereocenters. The van der Waals surface area contributed by atoms with Crippen LogP contribution in [0.3, 0.4) is 0 Å². The van der Waals surface area contributed by atoms with Gasteiger partial charge in [0.2, 0.25) is 17.7 Å². The van der Waals surface area contributed by atoms with Gasteiger partial charge in [0.15, 0.2) is 0 Å². The van der Waals surface area contributed by atoms with E-state index < -0.39 is 5.54 Å². The highest BCUT2D eigenvalue weighted by Crippen LogP contribution is 2.02. The van der Waals surface area contributed by atoms with Gasteiger partial charge >= 0.3 is 0 Å². The largest absolute Gasteiger partial charge is 0.354 e. The molecule has 3 amide bonds. The summed E-state index contributed by atoms with van der Waals surface area (Å²) in [5.41, 5.74) is 4.28. The Morgan fingerprint density at radius 1 is 1.00 bits per heavy atom. The maximum atomic E-state index is 12.0. The molecule has 0 fully saturated rings. The minimum absolute atomic E-state index is 0.0124. The molecule has 0 bridgehead atoms. The zero-order valence-corrected chi connectivity index (χ0v) is 13.3. The number of carbonyl (C=O) groups is 3. The smallest absolute Gasteiger partial charge is 0.245 e. The van der Waals surface area contributed by atoms with Crippen LogP contribution >= 0.6 is 0 Å². The van der Waals surface area contributed by atoms with Gasteiger partial charge in [0.25, 0.3) is 0 Å². The van der Waals surface area contributed by atoms with Crippen LogP contribution in [0.4, 0.5) is 0 Å². The molecule has 0 heterocycles. The van der Waals surface area contributed by atoms with Crippen molar-refractivity contribution < 1.29 is 14.4 Å². The molecule has 0 saturated heterocycles. The fraction of sp³-hybridized carbons (Fsp3) is 0.786. The molecule has 0 radical (unpaired) electrons. The lowest BCUT2D eigenvalue weighted by Crippen LogP contribution is -2.55. The first kappa shape index (κ1) is 19.4. The summed E-state index contributed by atoms with van der Waals surface area (Å²) >= 11 is 0. The van der Waals surface area contributed by atoms with Crippen LogP contribution in [0.5, 0.6) is 0 Å². The molecular weight excluding hydrogens is 272 g/mol. The van der Waals surface area contributed by atoms with Gasteiger partial charge in [-0.25, -0.2) is 0 Å². The number of amides is 3. The fourth-order valence-electron chi connectivity index (χ4n) is 1.62. The first-order valence-corrected chi connectivity index (χ1v) is 7.39. The molecule has 7 nitrogen and oxygen atoms in total. The predicted octanol–water partition coefficient (Wildman–Crippen LogP) is -0.347. The summed E-state index contributed by atoms with van der Waals surface area (Å²) in [5.74, 6) is -0.567. The number of nitrogens with one attached hydrogen (secondary N) is 3. The Morgan fingerprint density at radius 2 is 1.62 bits per heavy atom. The molecule has 0 aliphatic rings. The molecule has 0 aliphatic carbocycles. The molecule has 21 heavy (non-hydrogen) atoms. The second kappa shape index (κ2) is 10.1. The molecule has 0 unspecified atom stereocenters. The molecule has 0 rings (SSSR count). The Balaban J connectivity index is 3.96. The van der Waals surface area contributed by atoms with Gasteiger partial charge in [0, 0.05) is 32.5 Å². The molecule has 0 spiro atoms. The molecular formula is C14H28N4O3. The van der Waals surface area contributed by atoms with E-state index >= 15 is 0 Å². The lowest BCUT2D eigenvalue weighted by Gasteiger charge is -2.25. The highest BCUT2D eigenvalue weighted by molar-refractivity contribution is 5.90. The summed E-state index contributed by atoms with van der Waals surface area (Å²) in [5, 5.41) is 8.03. The number of rotatable bonds is 10. The van der Waals surface area contributed by atoms with Crippen molar-refractivity contribution in [1.82, 2.24) is 16.0 Å². The van der Waals surface area contributed by atoms with Gasteiger partial charge in [-0.05, 0) is 20.3 Å². The Hall–Kier alpha value is -1.63. The van der Waals surface area contributed by atoms with E-state index in [1.165, 1.54) is 0 Å². The highest BCUT2D eigenvalue weighted by Gasteiger charge is 2.28. The van der Waals surface area contributed by atoms with E-state index in [9.17, 15) is 14.4 Å². The van der Waals surface area contributed by atoms with Crippen LogP contribution in [0.1, 0.15) is 46.5 Å². The van der Waals surface area contributed by atoms with E-state index in [1.807, 2.05) is 6.92 Å². The maximum Gasteiger partial charge on any atom is 0.245 e. The second-order valence-corrected chi connectivity index (χ2v) is 5.42. The Labute approximate surface area is 126 Å². The van der Waals surface area contributed by atoms with Crippen molar-refractivity contribution in [1.29, 1.82) is 0 Å². The van der Waals surface area contributed by atoms with Crippen LogP contribution in [0.25, 0.3) is 0 Å². The summed E-state index contributed by atoms with van der Waals surface area (Å²) in [6, 6.07) is 0. The van der Waals surface area contributed by atoms with Crippen molar-refractivity contribution in [2.24, 2.45) is 5.73 Å². The number of nitrogens with two attached hydrogens (primary N) is 1. The monoisotopic (exact) mass is 300 g/mol. The Morgan fingerprint density at radius 3 is 2.19 bits per heavy atom. The van der Waals surface area contributed by atoms with Crippen molar-refractivity contribution >= 4 is 17.7 Å². The van der Waals surface area contributed by atoms with Gasteiger partial charge in [0.05, 0.1) is 0 Å². The van der Waals surface area contributed by atoms with E-state index in [-0.39, 0.29) is 30.7 Å². The van der Waals surface area contributed by atoms with Crippen LogP contribution in [-0.4, -0.2) is 42.9 Å². The van der Waals surface area contributed by atoms with Crippen LogP contribution in [-0.2, 0) is 14.4 Å². The van der Waals surface area contributed by atoms with Gasteiger partial charge in [-0.1, -0.05) is 13.3 Å². The molecule has 0 aromatic heterocycles. The standard InChI is InChI=1S/C14H28N4O3/c1-4-5-6-11(19)16-9-10-17-13(21)14(2,3)18-12(20)7-8-15/h4-10,15H2,1-3H3,(H,16,19)(H,17,21)(H,18,20). The molecule has 0 aromatic rings. The zero-order valence-electron chi connectivity index (χ0n) is 13.3. The average Bonchev–Trinajstić information content (AvgIpc) is 2.40. The van der Waals surface area contributed by atoms with Crippen molar-refractivity contribution in [2.75, 3.05) is 19.6 Å². The molecule has 7 heteroatoms. The molecule has 122 valence electrons. The summed E-state index contributed by atoms with van der Waals surface area (Å²) in [7, 11) is 0. The minimum Gasteiger partial charge on any atom is -0.354 e. The number of hydrogen-bond donors (Lipinski definition) is 4. The number of unbranched alkanes of at least 4 members (excludes halogenated alkanes) is 1. The Bertz CT molecular complexity index is 356. The minimum atomic E-state index is -1.00. The number of carbonyl (C=O) groups excluding carboxylic acids is 3. The topological polar surface area (TPSA) is 113 Å². The van der Waals surface area contributed by atoms with Crippen molar-refractivity contribution in [2.45, 2.75) is 52.0 Å². The lowest BCUT2D eigenvalue weighted by molar-refractivity contribution is -0.132. The highest BCUT2D eigenvalue weighted by atomic mass is 16.2. The molecule has 5 N–H and O–H groups in total. The third-order valence-electron chi connectivity index (χ3n) is 2.88. The summed E-state index contributed by atoms with van der Waals surface area (Å²) in [6.45, 7) is 6.21. The Kier molecular flexibility index (Phi) is 9.36. The fourth-order valence-corrected chi connectivity index (χ4v) is 1.62. The van der Waals surface area contributed by atoms with Crippen LogP contribution in [0.2, 0.25) is 0 Å². The first-order valence-electron chi connectivity index (χ1n) is 7.39. The van der Waals surface area contributed by atoms with Gasteiger partial charge in [-0.15, -0.1) is 0 Å². The molecule has 0 saturated carbocycles. The van der Waals surface area contributed by atoms with E-state index in [1.54, 1.807) is 13.8 Å². The van der Waals surface area contributed by atoms with Crippen molar-refractivity contribution in [3.63, 3.8) is 0 Å². The van der Waals surface area contributed by atoms with Gasteiger partial charge in [0.1, 0.15) is 5.54 Å². The van der Waals surface area contributed by atoms with E-state index in [4.69, 9.17) is 5.73 Å². The molecule has 0 aliphatic heterocycles. The second-order valence-electron chi connectivity index (χ2n) is 5.42. The predicted molar refractivity (Wildman–Crippen MR) is 81.4 cm³/mol. The van der Waals surface area contributed by atoms with Gasteiger partial charge in [-0.2, -0.15) is 0 Å². The van der Waals surface area contributed by atoms with Gasteiger partial charge in [-0.3, -0.25) is 14.4 Å². The third kappa shape index (κ3) is 9.01. The normalized spacial score (nSPS) is 10.9. The number of hydrogen-bond acceptors (Lipinski definition) is 4. The first-order chi connectivity index (χ1) is 9.83. The quantitative estimate of drug-likeness (QED) is 0.413. The average molecular weight is 300 g/mol. The summed E-state index contributed by atoms with van der Waals surface area (Å²) in [4.78, 5) is 34.8. The lowest BCUT2D eigenvalue weighted by atomic mass is 10.0. The van der Waals surface area contributed by atoms with E-state index in [0.717, 1.165) is 12.8 Å². The third-order valence-corrected chi connectivity index (χ3v) is 2.88. The van der Waals surface area contributed by atoms with E-state index in [0.29, 0.717) is 19.5 Å². The van der Waals surface area contributed by atoms with E-state index in [2.05, 4.69) is 16.0 Å². The summed E-state index contributed by atoms with van der Waals surface area (Å²) < 4.78 is 0. The summed E-state index contributed by atoms with van der Waals surface area (Å²) in [6.07, 6.45) is 2.52. The van der Waals surface area contributed by atoms with Gasteiger partial charge < -0.3 is 21.7 Å². The van der Waals surface area contributed by atoms with Crippen LogP contribution < -0.4 is 21.7 Å². The maximum absolute atomic E-state index is 12.0. The van der Waals surface area contributed by atoms with Crippen molar-refractivity contribution in [3.8, 4) is 0 Å².